The molecule has 1 aliphatic carbocycles. The third-order valence-electron chi connectivity index (χ3n) is 3.27. The fraction of sp³-hybridized carbons (Fsp3) is 0.455. The predicted octanol–water partition coefficient (Wildman–Crippen LogP) is -1.30. The van der Waals surface area contributed by atoms with E-state index in [9.17, 15) is 25.5 Å². The molecule has 0 spiro atoms. The molecule has 6 nitrogen and oxygen atoms in total. The SMILES string of the molecule is OC1CC1c1cccc2c1C(O)(O)C(O)(O)O2. The second kappa shape index (κ2) is 2.98. The molecule has 0 bridgehead atoms. The molecule has 2 aliphatic rings. The van der Waals surface area contributed by atoms with Crippen LogP contribution in [-0.4, -0.2) is 37.6 Å². The fourth-order valence-electron chi connectivity index (χ4n) is 2.22. The first-order chi connectivity index (χ1) is 7.84. The highest BCUT2D eigenvalue weighted by atomic mass is 16.8. The summed E-state index contributed by atoms with van der Waals surface area (Å²) in [6.07, 6.45) is -0.0270. The molecule has 1 heterocycles. The van der Waals surface area contributed by atoms with Gasteiger partial charge in [-0.05, 0) is 18.1 Å². The van der Waals surface area contributed by atoms with Crippen LogP contribution in [0.4, 0.5) is 0 Å². The van der Waals surface area contributed by atoms with Crippen LogP contribution in [-0.2, 0) is 5.79 Å². The molecule has 1 aromatic rings. The van der Waals surface area contributed by atoms with Crippen molar-refractivity contribution in [3.63, 3.8) is 0 Å². The molecular weight excluding hydrogens is 228 g/mol. The van der Waals surface area contributed by atoms with E-state index in [1.807, 2.05) is 0 Å². The maximum absolute atomic E-state index is 9.77. The van der Waals surface area contributed by atoms with E-state index in [-0.39, 0.29) is 17.2 Å². The summed E-state index contributed by atoms with van der Waals surface area (Å²) in [6.45, 7) is 0. The van der Waals surface area contributed by atoms with Gasteiger partial charge in [-0.3, -0.25) is 0 Å². The van der Waals surface area contributed by atoms with Crippen molar-refractivity contribution in [1.82, 2.24) is 0 Å². The number of hydrogen-bond donors (Lipinski definition) is 5. The number of ether oxygens (including phenoxy) is 1. The normalized spacial score (nSPS) is 31.8. The topological polar surface area (TPSA) is 110 Å². The van der Waals surface area contributed by atoms with Gasteiger partial charge in [-0.15, -0.1) is 0 Å². The first kappa shape index (κ1) is 10.9. The first-order valence-electron chi connectivity index (χ1n) is 5.24. The van der Waals surface area contributed by atoms with Gasteiger partial charge in [0.2, 0.25) is 0 Å². The lowest BCUT2D eigenvalue weighted by Crippen LogP contribution is -2.51. The molecule has 5 N–H and O–H groups in total. The quantitative estimate of drug-likeness (QED) is 0.390. The fourth-order valence-corrected chi connectivity index (χ4v) is 2.22. The van der Waals surface area contributed by atoms with Crippen molar-refractivity contribution in [2.24, 2.45) is 0 Å². The Bertz CT molecular complexity index is 481. The third-order valence-corrected chi connectivity index (χ3v) is 3.27. The van der Waals surface area contributed by atoms with Crippen LogP contribution in [0.5, 0.6) is 5.75 Å². The van der Waals surface area contributed by atoms with E-state index in [1.165, 1.54) is 6.07 Å². The standard InChI is InChI=1S/C11H12O6/c12-7-4-6(7)5-2-1-3-8-9(5)10(13,14)11(15,16)17-8/h1-3,6-7,12-16H,4H2. The number of fused-ring (bicyclic) bond motifs is 1. The van der Waals surface area contributed by atoms with Crippen molar-refractivity contribution >= 4 is 0 Å². The highest BCUT2D eigenvalue weighted by molar-refractivity contribution is 5.50. The van der Waals surface area contributed by atoms with Gasteiger partial charge in [0, 0.05) is 5.92 Å². The number of aliphatic hydroxyl groups is 5. The molecule has 0 saturated heterocycles. The van der Waals surface area contributed by atoms with Crippen LogP contribution < -0.4 is 4.74 Å². The van der Waals surface area contributed by atoms with E-state index >= 15 is 0 Å². The summed E-state index contributed by atoms with van der Waals surface area (Å²) in [6, 6.07) is 4.60. The van der Waals surface area contributed by atoms with E-state index in [4.69, 9.17) is 4.74 Å². The molecule has 6 heteroatoms. The van der Waals surface area contributed by atoms with Crippen LogP contribution in [0.15, 0.2) is 18.2 Å². The average Bonchev–Trinajstić information content (AvgIpc) is 2.89. The number of rotatable bonds is 1. The molecule has 2 atom stereocenters. The van der Waals surface area contributed by atoms with Gasteiger partial charge in [0.05, 0.1) is 11.7 Å². The molecule has 17 heavy (non-hydrogen) atoms. The average molecular weight is 240 g/mol. The smallest absolute Gasteiger partial charge is 0.384 e. The second-order valence-electron chi connectivity index (χ2n) is 4.51. The molecular formula is C11H12O6. The molecule has 2 unspecified atom stereocenters. The summed E-state index contributed by atoms with van der Waals surface area (Å²) in [4.78, 5) is 0. The largest absolute Gasteiger partial charge is 0.434 e. The molecule has 1 aliphatic heterocycles. The van der Waals surface area contributed by atoms with Gasteiger partial charge >= 0.3 is 5.97 Å². The van der Waals surface area contributed by atoms with Crippen molar-refractivity contribution in [3.8, 4) is 5.75 Å². The molecule has 0 aromatic heterocycles. The maximum Gasteiger partial charge on any atom is 0.384 e. The highest BCUT2D eigenvalue weighted by Crippen LogP contribution is 2.51. The van der Waals surface area contributed by atoms with Crippen molar-refractivity contribution in [2.75, 3.05) is 0 Å². The second-order valence-corrected chi connectivity index (χ2v) is 4.51. The summed E-state index contributed by atoms with van der Waals surface area (Å²) in [5.74, 6) is -6.20. The van der Waals surface area contributed by atoms with Crippen LogP contribution >= 0.6 is 0 Å². The number of hydrogen-bond acceptors (Lipinski definition) is 6. The summed E-state index contributed by atoms with van der Waals surface area (Å²) >= 11 is 0. The van der Waals surface area contributed by atoms with Gasteiger partial charge in [0.1, 0.15) is 5.75 Å². The molecule has 1 fully saturated rings. The van der Waals surface area contributed by atoms with Gasteiger partial charge in [0.15, 0.2) is 0 Å². The molecule has 0 amide bonds. The summed E-state index contributed by atoms with van der Waals surface area (Å²) in [5, 5.41) is 47.7. The Kier molecular flexibility index (Phi) is 1.92. The molecule has 92 valence electrons. The molecule has 0 radical (unpaired) electrons. The van der Waals surface area contributed by atoms with Gasteiger partial charge in [-0.2, -0.15) is 0 Å². The molecule has 1 aromatic carbocycles. The van der Waals surface area contributed by atoms with Gasteiger partial charge < -0.3 is 30.3 Å². The Morgan fingerprint density at radius 3 is 2.41 bits per heavy atom. The minimum atomic E-state index is -3.08. The van der Waals surface area contributed by atoms with Crippen LogP contribution in [0.1, 0.15) is 23.5 Å². The lowest BCUT2D eigenvalue weighted by atomic mass is 9.96. The number of aliphatic hydroxyl groups excluding tert-OH is 1. The minimum Gasteiger partial charge on any atom is -0.434 e. The van der Waals surface area contributed by atoms with Crippen LogP contribution in [0, 0.1) is 0 Å². The zero-order valence-corrected chi connectivity index (χ0v) is 8.74. The Morgan fingerprint density at radius 1 is 1.18 bits per heavy atom. The maximum atomic E-state index is 9.77. The first-order valence-corrected chi connectivity index (χ1v) is 5.24. The lowest BCUT2D eigenvalue weighted by molar-refractivity contribution is -0.426. The van der Waals surface area contributed by atoms with Gasteiger partial charge in [-0.25, -0.2) is 0 Å². The van der Waals surface area contributed by atoms with E-state index in [1.54, 1.807) is 12.1 Å². The number of benzene rings is 1. The van der Waals surface area contributed by atoms with Crippen LogP contribution in [0.2, 0.25) is 0 Å². The summed E-state index contributed by atoms with van der Waals surface area (Å²) in [5.41, 5.74) is 0.372. The predicted molar refractivity (Wildman–Crippen MR) is 53.7 cm³/mol. The van der Waals surface area contributed by atoms with Crippen molar-refractivity contribution in [3.05, 3.63) is 29.3 Å². The monoisotopic (exact) mass is 240 g/mol. The zero-order chi connectivity index (χ0) is 12.4. The molecule has 1 saturated carbocycles. The van der Waals surface area contributed by atoms with E-state index in [2.05, 4.69) is 0 Å². The lowest BCUT2D eigenvalue weighted by Gasteiger charge is -2.26. The van der Waals surface area contributed by atoms with Gasteiger partial charge in [-0.1, -0.05) is 12.1 Å². The Morgan fingerprint density at radius 2 is 1.82 bits per heavy atom. The zero-order valence-electron chi connectivity index (χ0n) is 8.74. The van der Waals surface area contributed by atoms with Crippen LogP contribution in [0.3, 0.4) is 0 Å². The van der Waals surface area contributed by atoms with Crippen LogP contribution in [0.25, 0.3) is 0 Å². The van der Waals surface area contributed by atoms with Crippen molar-refractivity contribution in [2.45, 2.75) is 30.2 Å². The Hall–Kier alpha value is -1.18. The Labute approximate surface area is 96.3 Å². The van der Waals surface area contributed by atoms with Gasteiger partial charge in [0.25, 0.3) is 5.79 Å². The van der Waals surface area contributed by atoms with Crippen molar-refractivity contribution in [1.29, 1.82) is 0 Å². The van der Waals surface area contributed by atoms with E-state index < -0.39 is 17.9 Å². The van der Waals surface area contributed by atoms with Crippen molar-refractivity contribution < 1.29 is 30.3 Å². The van der Waals surface area contributed by atoms with E-state index in [0.717, 1.165) is 0 Å². The minimum absolute atomic E-state index is 0.00315. The third kappa shape index (κ3) is 1.33. The molecule has 3 rings (SSSR count). The summed E-state index contributed by atoms with van der Waals surface area (Å²) in [7, 11) is 0. The highest BCUT2D eigenvalue weighted by Gasteiger charge is 2.61. The Balaban J connectivity index is 2.16. The van der Waals surface area contributed by atoms with E-state index in [0.29, 0.717) is 12.0 Å². The summed E-state index contributed by atoms with van der Waals surface area (Å²) < 4.78 is 4.69.